The minimum atomic E-state index is -0.735. The fraction of sp³-hybridized carbons (Fsp3) is 0.452. The molecule has 0 bridgehead atoms. The van der Waals surface area contributed by atoms with Gasteiger partial charge in [0.15, 0.2) is 0 Å². The van der Waals surface area contributed by atoms with Gasteiger partial charge in [-0.1, -0.05) is 72.8 Å². The predicted molar refractivity (Wildman–Crippen MR) is 148 cm³/mol. The molecule has 0 spiro atoms. The van der Waals surface area contributed by atoms with Gasteiger partial charge in [-0.15, -0.1) is 0 Å². The van der Waals surface area contributed by atoms with Crippen LogP contribution in [0.1, 0.15) is 55.8 Å². The average Bonchev–Trinajstić information content (AvgIpc) is 2.94. The van der Waals surface area contributed by atoms with Gasteiger partial charge in [-0.3, -0.25) is 14.4 Å². The van der Waals surface area contributed by atoms with Gasteiger partial charge < -0.3 is 24.8 Å². The van der Waals surface area contributed by atoms with Crippen molar-refractivity contribution in [3.05, 3.63) is 83.9 Å². The Bertz CT molecular complexity index is 1060. The van der Waals surface area contributed by atoms with Gasteiger partial charge in [0.1, 0.15) is 6.10 Å². The lowest BCUT2D eigenvalue weighted by Crippen LogP contribution is -2.47. The molecule has 0 aromatic heterocycles. The van der Waals surface area contributed by atoms with Crippen LogP contribution >= 0.6 is 0 Å². The van der Waals surface area contributed by atoms with Crippen LogP contribution in [0.2, 0.25) is 0 Å². The van der Waals surface area contributed by atoms with Gasteiger partial charge in [0.05, 0.1) is 25.2 Å². The zero-order valence-electron chi connectivity index (χ0n) is 22.7. The summed E-state index contributed by atoms with van der Waals surface area (Å²) in [7, 11) is 1.53. The van der Waals surface area contributed by atoms with Crippen molar-refractivity contribution in [3.8, 4) is 0 Å². The van der Waals surface area contributed by atoms with E-state index in [9.17, 15) is 19.5 Å². The number of nitrogens with zero attached hydrogens (tertiary/aromatic N) is 1. The first-order valence-corrected chi connectivity index (χ1v) is 13.6. The molecule has 8 nitrogen and oxygen atoms in total. The zero-order valence-corrected chi connectivity index (χ0v) is 22.7. The SMILES string of the molecule is COC[C@@H]1NC(=O)[C@@H](CC(=O)N(CCO)Cc2ccccc2)CC=CCCCCC(=O)O[C@H]1c1ccccc1. The Morgan fingerprint density at radius 2 is 1.77 bits per heavy atom. The smallest absolute Gasteiger partial charge is 0.306 e. The van der Waals surface area contributed by atoms with E-state index in [0.29, 0.717) is 25.8 Å². The molecule has 0 unspecified atom stereocenters. The molecule has 2 amide bonds. The third kappa shape index (κ3) is 9.96. The van der Waals surface area contributed by atoms with E-state index in [0.717, 1.165) is 24.0 Å². The fourth-order valence-electron chi connectivity index (χ4n) is 4.66. The van der Waals surface area contributed by atoms with Gasteiger partial charge in [-0.05, 0) is 36.8 Å². The van der Waals surface area contributed by atoms with Crippen molar-refractivity contribution in [1.82, 2.24) is 10.2 Å². The number of carbonyl (C=O) groups excluding carboxylic acids is 3. The molecular weight excluding hydrogens is 496 g/mol. The zero-order chi connectivity index (χ0) is 27.9. The first-order chi connectivity index (χ1) is 19.0. The Morgan fingerprint density at radius 1 is 1.05 bits per heavy atom. The number of cyclic esters (lactones) is 1. The first-order valence-electron chi connectivity index (χ1n) is 13.6. The maximum atomic E-state index is 13.6. The molecule has 39 heavy (non-hydrogen) atoms. The summed E-state index contributed by atoms with van der Waals surface area (Å²) in [5.74, 6) is -1.49. The van der Waals surface area contributed by atoms with Crippen LogP contribution in [0.25, 0.3) is 0 Å². The van der Waals surface area contributed by atoms with E-state index in [2.05, 4.69) is 5.32 Å². The summed E-state index contributed by atoms with van der Waals surface area (Å²) in [6.45, 7) is 0.480. The maximum absolute atomic E-state index is 13.6. The third-order valence-electron chi connectivity index (χ3n) is 6.75. The van der Waals surface area contributed by atoms with Crippen LogP contribution in [0.15, 0.2) is 72.8 Å². The molecule has 1 aliphatic heterocycles. The first kappa shape index (κ1) is 30.1. The minimum absolute atomic E-state index is 0.0154. The van der Waals surface area contributed by atoms with Crippen LogP contribution in [0, 0.1) is 5.92 Å². The van der Waals surface area contributed by atoms with E-state index in [1.54, 1.807) is 4.90 Å². The van der Waals surface area contributed by atoms with Crippen LogP contribution in [-0.4, -0.2) is 60.7 Å². The van der Waals surface area contributed by atoms with E-state index < -0.39 is 18.1 Å². The number of nitrogens with one attached hydrogen (secondary N) is 1. The molecule has 1 heterocycles. The summed E-state index contributed by atoms with van der Waals surface area (Å²) in [5, 5.41) is 12.6. The molecule has 0 saturated carbocycles. The maximum Gasteiger partial charge on any atom is 0.306 e. The largest absolute Gasteiger partial charge is 0.455 e. The molecule has 2 N–H and O–H groups in total. The molecular formula is C31H40N2O6. The second kappa shape index (κ2) is 16.5. The van der Waals surface area contributed by atoms with E-state index in [-0.39, 0.29) is 44.0 Å². The Labute approximate surface area is 231 Å². The number of rotatable bonds is 9. The number of esters is 1. The summed E-state index contributed by atoms with van der Waals surface area (Å²) >= 11 is 0. The monoisotopic (exact) mass is 536 g/mol. The number of carbonyl (C=O) groups is 3. The number of allylic oxidation sites excluding steroid dienone is 2. The normalized spacial score (nSPS) is 20.9. The number of amides is 2. The molecule has 210 valence electrons. The molecule has 3 rings (SSSR count). The molecule has 0 radical (unpaired) electrons. The Morgan fingerprint density at radius 3 is 2.46 bits per heavy atom. The molecule has 8 heteroatoms. The van der Waals surface area contributed by atoms with E-state index in [1.165, 1.54) is 7.11 Å². The van der Waals surface area contributed by atoms with Crippen LogP contribution in [0.5, 0.6) is 0 Å². The van der Waals surface area contributed by atoms with Gasteiger partial charge in [-0.25, -0.2) is 0 Å². The Hall–Kier alpha value is -3.49. The highest BCUT2D eigenvalue weighted by Gasteiger charge is 2.32. The van der Waals surface area contributed by atoms with E-state index in [1.807, 2.05) is 72.8 Å². The lowest BCUT2D eigenvalue weighted by Gasteiger charge is -2.30. The second-order valence-corrected chi connectivity index (χ2v) is 9.77. The highest BCUT2D eigenvalue weighted by atomic mass is 16.5. The van der Waals surface area contributed by atoms with Gasteiger partial charge in [0, 0.05) is 33.0 Å². The van der Waals surface area contributed by atoms with Crippen molar-refractivity contribution in [1.29, 1.82) is 0 Å². The standard InChI is InChI=1S/C31H40N2O6/c1-38-23-27-30(25-15-10-6-11-16-25)39-29(36)18-12-4-2-3-9-17-26(31(37)32-27)21-28(35)33(19-20-34)22-24-13-7-5-8-14-24/h3,5-11,13-16,26-27,30,34H,2,4,12,17-23H2,1H3,(H,32,37)/t26-,27+,30+/m1/s1. The Kier molecular flexibility index (Phi) is 12.7. The summed E-state index contributed by atoms with van der Waals surface area (Å²) in [6, 6.07) is 18.2. The molecule has 2 aromatic rings. The van der Waals surface area contributed by atoms with Gasteiger partial charge in [0.25, 0.3) is 0 Å². The van der Waals surface area contributed by atoms with Gasteiger partial charge >= 0.3 is 5.97 Å². The quantitative estimate of drug-likeness (QED) is 0.372. The molecule has 0 saturated heterocycles. The highest BCUT2D eigenvalue weighted by Crippen LogP contribution is 2.25. The number of benzene rings is 2. The lowest BCUT2D eigenvalue weighted by molar-refractivity contribution is -0.153. The second-order valence-electron chi connectivity index (χ2n) is 9.77. The summed E-state index contributed by atoms with van der Waals surface area (Å²) in [5.41, 5.74) is 1.70. The summed E-state index contributed by atoms with van der Waals surface area (Å²) < 4.78 is 11.3. The van der Waals surface area contributed by atoms with E-state index in [4.69, 9.17) is 9.47 Å². The minimum Gasteiger partial charge on any atom is -0.455 e. The van der Waals surface area contributed by atoms with Gasteiger partial charge in [0.2, 0.25) is 11.8 Å². The van der Waals surface area contributed by atoms with Crippen molar-refractivity contribution < 1.29 is 29.0 Å². The summed E-state index contributed by atoms with van der Waals surface area (Å²) in [4.78, 5) is 41.3. The number of aliphatic hydroxyl groups is 1. The van der Waals surface area contributed by atoms with Gasteiger partial charge in [-0.2, -0.15) is 0 Å². The highest BCUT2D eigenvalue weighted by molar-refractivity contribution is 5.86. The van der Waals surface area contributed by atoms with Crippen LogP contribution in [0.3, 0.4) is 0 Å². The average molecular weight is 537 g/mol. The fourth-order valence-corrected chi connectivity index (χ4v) is 4.66. The van der Waals surface area contributed by atoms with Crippen molar-refractivity contribution in [3.63, 3.8) is 0 Å². The molecule has 3 atom stereocenters. The number of hydrogen-bond acceptors (Lipinski definition) is 6. The Balaban J connectivity index is 1.84. The van der Waals surface area contributed by atoms with E-state index >= 15 is 0 Å². The topological polar surface area (TPSA) is 105 Å². The number of ether oxygens (including phenoxy) is 2. The number of aliphatic hydroxyl groups excluding tert-OH is 1. The van der Waals surface area contributed by atoms with Crippen molar-refractivity contribution in [2.75, 3.05) is 26.9 Å². The van der Waals surface area contributed by atoms with Crippen LogP contribution in [0.4, 0.5) is 0 Å². The van der Waals surface area contributed by atoms with Crippen molar-refractivity contribution in [2.24, 2.45) is 5.92 Å². The summed E-state index contributed by atoms with van der Waals surface area (Å²) in [6.07, 6.45) is 6.17. The third-order valence-corrected chi connectivity index (χ3v) is 6.75. The number of hydrogen-bond donors (Lipinski definition) is 2. The molecule has 2 aromatic carbocycles. The lowest BCUT2D eigenvalue weighted by atomic mass is 9.96. The molecule has 0 aliphatic carbocycles. The molecule has 0 fully saturated rings. The van der Waals surface area contributed by atoms with Crippen LogP contribution in [-0.2, 0) is 30.4 Å². The molecule has 1 aliphatic rings. The predicted octanol–water partition coefficient (Wildman–Crippen LogP) is 3.95. The van der Waals surface area contributed by atoms with Crippen molar-refractivity contribution >= 4 is 17.8 Å². The van der Waals surface area contributed by atoms with Crippen LogP contribution < -0.4 is 5.32 Å². The number of methoxy groups -OCH3 is 1. The van der Waals surface area contributed by atoms with Crippen molar-refractivity contribution in [2.45, 2.75) is 57.2 Å².